The molecule has 220 valence electrons. The largest absolute Gasteiger partial charge is 0.393 e. The third kappa shape index (κ3) is 5.22. The first-order valence-corrected chi connectivity index (χ1v) is 16.2. The van der Waals surface area contributed by atoms with Crippen LogP contribution in [0.4, 0.5) is 0 Å². The van der Waals surface area contributed by atoms with Gasteiger partial charge >= 0.3 is 0 Å². The molecule has 6 atom stereocenters. The molecule has 0 radical (unpaired) electrons. The monoisotopic (exact) mass is 547 g/mol. The Balaban J connectivity index is 1.28. The molecule has 0 amide bonds. The van der Waals surface area contributed by atoms with Crippen molar-refractivity contribution in [3.8, 4) is 0 Å². The van der Waals surface area contributed by atoms with E-state index in [2.05, 4.69) is 70.8 Å². The van der Waals surface area contributed by atoms with Crippen molar-refractivity contribution in [2.24, 2.45) is 28.6 Å². The van der Waals surface area contributed by atoms with Crippen molar-refractivity contribution >= 4 is 0 Å². The SMILES string of the molecule is C=C(CCc1ccc(C2CC3(C)C(O)CCC3C3CCC4CC5(CCC4=C23)OCC(C)(C)CO5)cc1)NC(C)C. The lowest BCUT2D eigenvalue weighted by Crippen LogP contribution is -2.52. The minimum absolute atomic E-state index is 0.0161. The Morgan fingerprint density at radius 1 is 1.02 bits per heavy atom. The smallest absolute Gasteiger partial charge is 0.169 e. The fourth-order valence-electron chi connectivity index (χ4n) is 9.19. The second kappa shape index (κ2) is 10.6. The summed E-state index contributed by atoms with van der Waals surface area (Å²) in [6, 6.07) is 9.92. The fourth-order valence-corrected chi connectivity index (χ4v) is 9.19. The molecule has 1 aliphatic heterocycles. The van der Waals surface area contributed by atoms with Crippen LogP contribution in [0.3, 0.4) is 0 Å². The number of aliphatic hydroxyl groups is 1. The second-order valence-electron chi connectivity index (χ2n) is 15.3. The van der Waals surface area contributed by atoms with Crippen molar-refractivity contribution in [3.63, 3.8) is 0 Å². The summed E-state index contributed by atoms with van der Waals surface area (Å²) in [5, 5.41) is 14.7. The van der Waals surface area contributed by atoms with Crippen LogP contribution in [0.2, 0.25) is 0 Å². The van der Waals surface area contributed by atoms with E-state index in [9.17, 15) is 5.11 Å². The summed E-state index contributed by atoms with van der Waals surface area (Å²) in [5.74, 6) is 1.82. The predicted molar refractivity (Wildman–Crippen MR) is 162 cm³/mol. The van der Waals surface area contributed by atoms with Gasteiger partial charge in [0.05, 0.1) is 19.3 Å². The molecule has 4 heteroatoms. The van der Waals surface area contributed by atoms with Crippen LogP contribution in [0.1, 0.15) is 109 Å². The van der Waals surface area contributed by atoms with Crippen LogP contribution in [0.25, 0.3) is 0 Å². The molecule has 1 spiro atoms. The molecule has 1 aromatic rings. The van der Waals surface area contributed by atoms with E-state index in [1.807, 2.05) is 0 Å². The van der Waals surface area contributed by atoms with Crippen molar-refractivity contribution in [1.29, 1.82) is 0 Å². The zero-order valence-corrected chi connectivity index (χ0v) is 25.7. The van der Waals surface area contributed by atoms with Gasteiger partial charge in [0.25, 0.3) is 0 Å². The van der Waals surface area contributed by atoms with Gasteiger partial charge in [-0.1, -0.05) is 62.8 Å². The highest BCUT2D eigenvalue weighted by molar-refractivity contribution is 5.41. The van der Waals surface area contributed by atoms with Crippen LogP contribution in [0, 0.1) is 28.6 Å². The maximum Gasteiger partial charge on any atom is 0.169 e. The van der Waals surface area contributed by atoms with Crippen LogP contribution in [-0.2, 0) is 15.9 Å². The molecule has 1 heterocycles. The molecule has 6 unspecified atom stereocenters. The molecule has 4 aliphatic carbocycles. The molecule has 5 aliphatic rings. The average Bonchev–Trinajstić information content (AvgIpc) is 3.22. The van der Waals surface area contributed by atoms with E-state index in [4.69, 9.17) is 9.47 Å². The highest BCUT2D eigenvalue weighted by atomic mass is 16.7. The number of hydrogen-bond acceptors (Lipinski definition) is 4. The lowest BCUT2D eigenvalue weighted by atomic mass is 9.52. The number of aliphatic hydroxyl groups excluding tert-OH is 1. The van der Waals surface area contributed by atoms with E-state index in [-0.39, 0.29) is 22.7 Å². The molecule has 6 rings (SSSR count). The average molecular weight is 548 g/mol. The zero-order valence-electron chi connectivity index (χ0n) is 25.7. The van der Waals surface area contributed by atoms with E-state index >= 15 is 0 Å². The van der Waals surface area contributed by atoms with Crippen LogP contribution in [0.15, 0.2) is 47.7 Å². The van der Waals surface area contributed by atoms with Crippen LogP contribution in [0.5, 0.6) is 0 Å². The molecule has 0 bridgehead atoms. The summed E-state index contributed by atoms with van der Waals surface area (Å²) >= 11 is 0. The lowest BCUT2D eigenvalue weighted by Gasteiger charge is -2.55. The molecule has 4 fully saturated rings. The Hall–Kier alpha value is -1.62. The molecule has 3 saturated carbocycles. The molecule has 2 N–H and O–H groups in total. The van der Waals surface area contributed by atoms with Gasteiger partial charge in [0.15, 0.2) is 5.79 Å². The van der Waals surface area contributed by atoms with E-state index in [1.54, 1.807) is 11.1 Å². The number of ether oxygens (including phenoxy) is 2. The second-order valence-corrected chi connectivity index (χ2v) is 15.3. The molecule has 4 nitrogen and oxygen atoms in total. The molecular weight excluding hydrogens is 494 g/mol. The van der Waals surface area contributed by atoms with Crippen LogP contribution < -0.4 is 5.32 Å². The van der Waals surface area contributed by atoms with Gasteiger partial charge in [-0.2, -0.15) is 0 Å². The first kappa shape index (κ1) is 28.5. The Bertz CT molecular complexity index is 1120. The van der Waals surface area contributed by atoms with Crippen molar-refractivity contribution in [3.05, 3.63) is 58.8 Å². The number of hydrogen-bond donors (Lipinski definition) is 2. The van der Waals surface area contributed by atoms with Crippen molar-refractivity contribution in [2.75, 3.05) is 13.2 Å². The first-order chi connectivity index (χ1) is 19.0. The van der Waals surface area contributed by atoms with Gasteiger partial charge in [-0.05, 0) is 99.5 Å². The number of allylic oxidation sites excluding steroid dienone is 3. The minimum atomic E-state index is -0.380. The van der Waals surface area contributed by atoms with Gasteiger partial charge in [-0.15, -0.1) is 0 Å². The van der Waals surface area contributed by atoms with Gasteiger partial charge in [0, 0.05) is 35.9 Å². The molecule has 0 aromatic heterocycles. The molecule has 1 saturated heterocycles. The number of fused-ring (bicyclic) bond motifs is 4. The number of benzene rings is 1. The molecule has 40 heavy (non-hydrogen) atoms. The van der Waals surface area contributed by atoms with Gasteiger partial charge < -0.3 is 19.9 Å². The highest BCUT2D eigenvalue weighted by Crippen LogP contribution is 2.65. The maximum absolute atomic E-state index is 11.2. The number of rotatable bonds is 6. The quantitative estimate of drug-likeness (QED) is 0.359. The maximum atomic E-state index is 11.2. The number of nitrogens with one attached hydrogen (secondary N) is 1. The van der Waals surface area contributed by atoms with E-state index < -0.39 is 0 Å². The Kier molecular flexibility index (Phi) is 7.54. The normalized spacial score (nSPS) is 36.2. The van der Waals surface area contributed by atoms with Crippen LogP contribution in [-0.4, -0.2) is 36.3 Å². The van der Waals surface area contributed by atoms with E-state index in [1.165, 1.54) is 30.4 Å². The predicted octanol–water partition coefficient (Wildman–Crippen LogP) is 7.67. The first-order valence-electron chi connectivity index (χ1n) is 16.2. The third-order valence-corrected chi connectivity index (χ3v) is 11.3. The topological polar surface area (TPSA) is 50.7 Å². The van der Waals surface area contributed by atoms with E-state index in [0.717, 1.165) is 63.9 Å². The summed E-state index contributed by atoms with van der Waals surface area (Å²) < 4.78 is 13.0. The van der Waals surface area contributed by atoms with Gasteiger partial charge in [-0.3, -0.25) is 0 Å². The standard InChI is InChI=1S/C36H53NO3/c1-23(2)37-24(3)7-8-25-9-11-26(12-10-25)30-20-35(6)31(15-16-32(35)38)29-14-13-27-19-36(18-17-28(27)33(29)30)39-21-34(4,5)22-40-36/h9-12,23,27,29-32,37-38H,3,7-8,13-22H2,1-2,4-6H3. The van der Waals surface area contributed by atoms with Gasteiger partial charge in [0.2, 0.25) is 0 Å². The zero-order chi connectivity index (χ0) is 28.3. The van der Waals surface area contributed by atoms with E-state index in [0.29, 0.717) is 29.7 Å². The molecular formula is C36H53NO3. The summed E-state index contributed by atoms with van der Waals surface area (Å²) in [6.07, 6.45) is 10.6. The third-order valence-electron chi connectivity index (χ3n) is 11.3. The highest BCUT2D eigenvalue weighted by Gasteiger charge is 2.57. The number of aryl methyl sites for hydroxylation is 1. The van der Waals surface area contributed by atoms with Crippen molar-refractivity contribution in [1.82, 2.24) is 5.32 Å². The lowest BCUT2D eigenvalue weighted by molar-refractivity contribution is -0.312. The summed E-state index contributed by atoms with van der Waals surface area (Å²) in [4.78, 5) is 0. The van der Waals surface area contributed by atoms with Gasteiger partial charge in [0.1, 0.15) is 0 Å². The van der Waals surface area contributed by atoms with Gasteiger partial charge in [-0.25, -0.2) is 0 Å². The molecule has 1 aromatic carbocycles. The Morgan fingerprint density at radius 2 is 1.75 bits per heavy atom. The van der Waals surface area contributed by atoms with Crippen molar-refractivity contribution < 1.29 is 14.6 Å². The fraction of sp³-hybridized carbons (Fsp3) is 0.722. The summed E-state index contributed by atoms with van der Waals surface area (Å²) in [7, 11) is 0. The summed E-state index contributed by atoms with van der Waals surface area (Å²) in [5.41, 5.74) is 7.54. The Morgan fingerprint density at radius 3 is 2.45 bits per heavy atom. The minimum Gasteiger partial charge on any atom is -0.393 e. The Labute approximate surface area is 243 Å². The van der Waals surface area contributed by atoms with Crippen molar-refractivity contribution in [2.45, 2.75) is 123 Å². The van der Waals surface area contributed by atoms with Crippen LogP contribution >= 0.6 is 0 Å². The summed E-state index contributed by atoms with van der Waals surface area (Å²) in [6.45, 7) is 17.0.